The highest BCUT2D eigenvalue weighted by Crippen LogP contribution is 2.34. The van der Waals surface area contributed by atoms with Gasteiger partial charge in [-0.2, -0.15) is 0 Å². The molecule has 1 N–H and O–H groups in total. The molecule has 2 aromatic carbocycles. The van der Waals surface area contributed by atoms with Crippen molar-refractivity contribution in [3.8, 4) is 0 Å². The van der Waals surface area contributed by atoms with Crippen molar-refractivity contribution in [1.82, 2.24) is 5.32 Å². The van der Waals surface area contributed by atoms with E-state index in [-0.39, 0.29) is 5.82 Å². The molecule has 3 rings (SSSR count). The molecular weight excluding hydrogens is 312 g/mol. The summed E-state index contributed by atoms with van der Waals surface area (Å²) in [6.45, 7) is 0. The summed E-state index contributed by atoms with van der Waals surface area (Å²) < 4.78 is 19.9. The highest BCUT2D eigenvalue weighted by molar-refractivity contribution is 6.31. The number of nitrogens with one attached hydrogen (secondary N) is 1. The zero-order valence-corrected chi connectivity index (χ0v) is 12.7. The highest BCUT2D eigenvalue weighted by Gasteiger charge is 2.22. The summed E-state index contributed by atoms with van der Waals surface area (Å²) in [4.78, 5) is 0. The summed E-state index contributed by atoms with van der Waals surface area (Å²) in [7, 11) is 1.73. The third-order valence-electron chi connectivity index (χ3n) is 3.36. The van der Waals surface area contributed by atoms with Gasteiger partial charge in [0.25, 0.3) is 0 Å². The van der Waals surface area contributed by atoms with Gasteiger partial charge in [-0.25, -0.2) is 4.39 Å². The van der Waals surface area contributed by atoms with Crippen LogP contribution in [-0.4, -0.2) is 7.05 Å². The fourth-order valence-corrected chi connectivity index (χ4v) is 2.85. The Balaban J connectivity index is 2.14. The third kappa shape index (κ3) is 2.64. The second kappa shape index (κ2) is 5.68. The average Bonchev–Trinajstić information content (AvgIpc) is 2.85. The minimum atomic E-state index is -0.468. The van der Waals surface area contributed by atoms with Crippen molar-refractivity contribution in [3.05, 3.63) is 69.7 Å². The van der Waals surface area contributed by atoms with Gasteiger partial charge in [0.05, 0.1) is 6.04 Å². The first kappa shape index (κ1) is 14.4. The van der Waals surface area contributed by atoms with Gasteiger partial charge in [0.2, 0.25) is 0 Å². The Labute approximate surface area is 131 Å². The fourth-order valence-electron chi connectivity index (χ4n) is 2.39. The summed E-state index contributed by atoms with van der Waals surface area (Å²) in [6, 6.07) is 11.3. The molecule has 0 bridgehead atoms. The molecule has 0 aliphatic carbocycles. The van der Waals surface area contributed by atoms with Gasteiger partial charge in [-0.15, -0.1) is 0 Å². The van der Waals surface area contributed by atoms with Gasteiger partial charge in [0, 0.05) is 21.0 Å². The summed E-state index contributed by atoms with van der Waals surface area (Å²) >= 11 is 12.1. The maximum absolute atomic E-state index is 14.1. The molecule has 0 amide bonds. The molecule has 1 unspecified atom stereocenters. The van der Waals surface area contributed by atoms with Crippen LogP contribution in [0.15, 0.2) is 46.9 Å². The minimum absolute atomic E-state index is 0.354. The minimum Gasteiger partial charge on any atom is -0.459 e. The van der Waals surface area contributed by atoms with Crippen molar-refractivity contribution < 1.29 is 8.81 Å². The fraction of sp³-hybridized carbons (Fsp3) is 0.125. The van der Waals surface area contributed by atoms with E-state index in [2.05, 4.69) is 5.32 Å². The van der Waals surface area contributed by atoms with E-state index in [9.17, 15) is 4.39 Å². The Morgan fingerprint density at radius 2 is 1.95 bits per heavy atom. The van der Waals surface area contributed by atoms with E-state index >= 15 is 0 Å². The van der Waals surface area contributed by atoms with E-state index in [0.29, 0.717) is 27.0 Å². The van der Waals surface area contributed by atoms with Gasteiger partial charge < -0.3 is 9.73 Å². The molecule has 21 heavy (non-hydrogen) atoms. The van der Waals surface area contributed by atoms with Crippen LogP contribution in [-0.2, 0) is 0 Å². The number of hydrogen-bond acceptors (Lipinski definition) is 2. The van der Waals surface area contributed by atoms with E-state index in [4.69, 9.17) is 27.6 Å². The smallest absolute Gasteiger partial charge is 0.134 e. The molecule has 108 valence electrons. The van der Waals surface area contributed by atoms with Crippen molar-refractivity contribution in [2.45, 2.75) is 6.04 Å². The molecule has 0 aliphatic rings. The van der Waals surface area contributed by atoms with Gasteiger partial charge in [-0.3, -0.25) is 0 Å². The highest BCUT2D eigenvalue weighted by atomic mass is 35.5. The summed E-state index contributed by atoms with van der Waals surface area (Å²) in [6.07, 6.45) is 0. The topological polar surface area (TPSA) is 25.2 Å². The van der Waals surface area contributed by atoms with Crippen LogP contribution in [0.2, 0.25) is 10.0 Å². The number of hydrogen-bond donors (Lipinski definition) is 1. The largest absolute Gasteiger partial charge is 0.459 e. The number of halogens is 3. The molecule has 0 saturated heterocycles. The van der Waals surface area contributed by atoms with Crippen molar-refractivity contribution >= 4 is 34.2 Å². The van der Waals surface area contributed by atoms with Crippen molar-refractivity contribution in [2.75, 3.05) is 7.05 Å². The number of fused-ring (bicyclic) bond motifs is 1. The Morgan fingerprint density at radius 3 is 2.67 bits per heavy atom. The normalized spacial score (nSPS) is 12.8. The molecule has 5 heteroatoms. The van der Waals surface area contributed by atoms with Crippen molar-refractivity contribution in [1.29, 1.82) is 0 Å². The molecule has 1 atom stereocenters. The second-order valence-electron chi connectivity index (χ2n) is 4.69. The number of rotatable bonds is 3. The lowest BCUT2D eigenvalue weighted by Gasteiger charge is -2.16. The van der Waals surface area contributed by atoms with Crippen molar-refractivity contribution in [3.63, 3.8) is 0 Å². The second-order valence-corrected chi connectivity index (χ2v) is 5.53. The van der Waals surface area contributed by atoms with E-state index in [1.54, 1.807) is 37.4 Å². The zero-order chi connectivity index (χ0) is 15.0. The van der Waals surface area contributed by atoms with E-state index in [0.717, 1.165) is 5.39 Å². The number of benzene rings is 2. The SMILES string of the molecule is CNC(c1cc2cc(Cl)ccc2o1)c1c(F)cccc1Cl. The maximum Gasteiger partial charge on any atom is 0.134 e. The molecule has 1 aromatic heterocycles. The molecule has 0 spiro atoms. The molecule has 1 heterocycles. The molecule has 3 aromatic rings. The summed E-state index contributed by atoms with van der Waals surface area (Å²) in [5, 5.41) is 4.89. The van der Waals surface area contributed by atoms with E-state index < -0.39 is 6.04 Å². The monoisotopic (exact) mass is 323 g/mol. The van der Waals surface area contributed by atoms with Crippen LogP contribution in [0.25, 0.3) is 11.0 Å². The van der Waals surface area contributed by atoms with Gasteiger partial charge in [-0.05, 0) is 43.4 Å². The van der Waals surface area contributed by atoms with Crippen LogP contribution in [0.5, 0.6) is 0 Å². The first-order valence-corrected chi connectivity index (χ1v) is 7.16. The molecular formula is C16H12Cl2FNO. The Kier molecular flexibility index (Phi) is 3.89. The standard InChI is InChI=1S/C16H12Cl2FNO/c1-20-16(15-11(18)3-2-4-12(15)19)14-8-9-7-10(17)5-6-13(9)21-14/h2-8,16,20H,1H3. The Hall–Kier alpha value is -1.55. The molecule has 2 nitrogen and oxygen atoms in total. The van der Waals surface area contributed by atoms with E-state index in [1.165, 1.54) is 6.07 Å². The Bertz CT molecular complexity index is 780. The number of furan rings is 1. The predicted octanol–water partition coefficient (Wildman–Crippen LogP) is 5.19. The first-order chi connectivity index (χ1) is 10.1. The molecule has 0 saturated carbocycles. The maximum atomic E-state index is 14.1. The quantitative estimate of drug-likeness (QED) is 0.717. The van der Waals surface area contributed by atoms with Gasteiger partial charge in [-0.1, -0.05) is 29.3 Å². The summed E-state index contributed by atoms with van der Waals surface area (Å²) in [5.41, 5.74) is 1.06. The predicted molar refractivity (Wildman–Crippen MR) is 83.5 cm³/mol. The lowest BCUT2D eigenvalue weighted by molar-refractivity contribution is 0.476. The van der Waals surface area contributed by atoms with Gasteiger partial charge >= 0.3 is 0 Å². The first-order valence-electron chi connectivity index (χ1n) is 6.40. The van der Waals surface area contributed by atoms with Crippen LogP contribution in [0.4, 0.5) is 4.39 Å². The third-order valence-corrected chi connectivity index (χ3v) is 3.92. The van der Waals surface area contributed by atoms with Crippen LogP contribution in [0.1, 0.15) is 17.4 Å². The molecule has 0 radical (unpaired) electrons. The van der Waals surface area contributed by atoms with Gasteiger partial charge in [0.1, 0.15) is 17.2 Å². The lowest BCUT2D eigenvalue weighted by Crippen LogP contribution is -2.18. The van der Waals surface area contributed by atoms with Crippen LogP contribution < -0.4 is 5.32 Å². The van der Waals surface area contributed by atoms with Crippen LogP contribution in [0, 0.1) is 5.82 Å². The molecule has 0 fully saturated rings. The Morgan fingerprint density at radius 1 is 1.14 bits per heavy atom. The van der Waals surface area contributed by atoms with Crippen LogP contribution in [0.3, 0.4) is 0 Å². The van der Waals surface area contributed by atoms with Crippen LogP contribution >= 0.6 is 23.2 Å². The average molecular weight is 324 g/mol. The molecule has 0 aliphatic heterocycles. The lowest BCUT2D eigenvalue weighted by atomic mass is 10.0. The van der Waals surface area contributed by atoms with Gasteiger partial charge in [0.15, 0.2) is 0 Å². The van der Waals surface area contributed by atoms with E-state index in [1.807, 2.05) is 6.07 Å². The zero-order valence-electron chi connectivity index (χ0n) is 11.2. The van der Waals surface area contributed by atoms with Crippen molar-refractivity contribution in [2.24, 2.45) is 0 Å². The summed E-state index contributed by atoms with van der Waals surface area (Å²) in [5.74, 6) is 0.210.